The van der Waals surface area contributed by atoms with Gasteiger partial charge in [0.2, 0.25) is 5.91 Å². The van der Waals surface area contributed by atoms with Gasteiger partial charge in [0.1, 0.15) is 54.2 Å². The van der Waals surface area contributed by atoms with Crippen molar-refractivity contribution < 1.29 is 85.2 Å². The lowest BCUT2D eigenvalue weighted by atomic mass is 10.1. The summed E-state index contributed by atoms with van der Waals surface area (Å²) in [6.45, 7) is 2.97. The van der Waals surface area contributed by atoms with Crippen LogP contribution in [-0.2, 0) is 65.4 Å². The molecule has 0 radical (unpaired) electrons. The highest BCUT2D eigenvalue weighted by Crippen LogP contribution is 2.51. The number of nitrogens with two attached hydrogens (primary N) is 2. The fraction of sp³-hybridized carbons (Fsp3) is 0.667. The molecule has 3 aromatic rings. The smallest absolute Gasteiger partial charge is 0.455 e. The van der Waals surface area contributed by atoms with Crippen LogP contribution in [-0.4, -0.2) is 149 Å². The molecule has 3 unspecified atom stereocenters. The van der Waals surface area contributed by atoms with Crippen LogP contribution in [0.4, 0.5) is 11.6 Å². The number of unbranched alkanes of at least 4 members (excludes halogenated alkanes) is 1. The summed E-state index contributed by atoms with van der Waals surface area (Å²) in [5.41, 5.74) is 11.0. The summed E-state index contributed by atoms with van der Waals surface area (Å²) >= 11 is 0. The first-order valence-electron chi connectivity index (χ1n) is 22.2. The predicted molar refractivity (Wildman–Crippen MR) is 234 cm³/mol. The van der Waals surface area contributed by atoms with Crippen molar-refractivity contribution >= 4 is 50.3 Å². The number of aliphatic hydroxyl groups excluding tert-OH is 1. The number of hydrogen-bond donors (Lipinski definition) is 7. The fourth-order valence-electron chi connectivity index (χ4n) is 8.07. The summed E-state index contributed by atoms with van der Waals surface area (Å²) < 4.78 is 85.1. The van der Waals surface area contributed by atoms with Crippen LogP contribution in [0.2, 0.25) is 0 Å². The third-order valence-corrected chi connectivity index (χ3v) is 12.9. The molecule has 4 saturated heterocycles. The molecule has 4 aliphatic rings. The van der Waals surface area contributed by atoms with Gasteiger partial charge in [-0.15, -0.1) is 6.58 Å². The van der Waals surface area contributed by atoms with E-state index < -0.39 is 108 Å². The summed E-state index contributed by atoms with van der Waals surface area (Å²) in [6, 6.07) is 0.0228. The van der Waals surface area contributed by atoms with Crippen LogP contribution >= 0.6 is 15.6 Å². The monoisotopic (exact) mass is 1020 g/mol. The van der Waals surface area contributed by atoms with Crippen molar-refractivity contribution in [2.45, 2.75) is 132 Å². The fourth-order valence-corrected chi connectivity index (χ4v) is 9.37. The maximum atomic E-state index is 14.1. The number of nitrogens with zero attached hydrogens (tertiary/aromatic N) is 6. The molecule has 0 aromatic carbocycles. The number of phosphoric acid groups is 2. The number of aliphatic hydroxyl groups is 1. The van der Waals surface area contributed by atoms with Crippen molar-refractivity contribution in [3.05, 3.63) is 48.1 Å². The van der Waals surface area contributed by atoms with E-state index >= 15 is 0 Å². The number of phosphoric ester groups is 2. The largest absolute Gasteiger partial charge is 0.472 e. The van der Waals surface area contributed by atoms with E-state index in [1.807, 2.05) is 0 Å². The predicted octanol–water partition coefficient (Wildman–Crippen LogP) is 0.613. The summed E-state index contributed by atoms with van der Waals surface area (Å²) in [6.07, 6.45) is -4.08. The molecular weight excluding hydrogens is 960 g/mol. The Morgan fingerprint density at radius 3 is 2.41 bits per heavy atom. The zero-order chi connectivity index (χ0) is 49.3. The summed E-state index contributed by atoms with van der Waals surface area (Å²) in [5, 5.41) is 14.5. The minimum absolute atomic E-state index is 0.00103. The molecule has 0 bridgehead atoms. The van der Waals surface area contributed by atoms with Crippen molar-refractivity contribution in [3.8, 4) is 0 Å². The quantitative estimate of drug-likeness (QED) is 0.0280. The van der Waals surface area contributed by atoms with Crippen LogP contribution in [0.25, 0.3) is 11.2 Å². The number of imidazole rings is 1. The van der Waals surface area contributed by atoms with Crippen molar-refractivity contribution in [1.82, 2.24) is 34.4 Å². The standard InChI is InChI=1S/C39H57N9O19P2/c1-2-3-10-26(49)45-22(9-4-6-15-58-27-11-5-7-16-59-27)38(51)66-31-23(63-36(30(31)50)48-21-44-29-34(41)42-20-43-35(29)48)19-62-69(56,57)67-32-24(18-61-68(53,54)55)64-37(33(32)65-28-12-8-17-60-28)47-14-13-25(40)46-39(47)52/h2,13-14,20-24,27-28,30-33,36-37,50H,1,3-12,15-19H2,(H,45,49)(H,56,57)(H2,40,46,52)(H2,41,42,43)(H2,53,54,55)/t22-,23+,24+,27?,28?,30+,31+,32+,33+,36+,37+/m0/s1. The normalized spacial score (nSPS) is 28.6. The molecule has 28 nitrogen and oxygen atoms in total. The molecule has 30 heteroatoms. The maximum Gasteiger partial charge on any atom is 0.472 e. The number of fused-ring (bicyclic) bond motifs is 1. The first-order valence-corrected chi connectivity index (χ1v) is 25.3. The van der Waals surface area contributed by atoms with Crippen LogP contribution in [0.3, 0.4) is 0 Å². The average Bonchev–Trinajstić information content (AvgIpc) is 4.11. The van der Waals surface area contributed by atoms with Gasteiger partial charge in [-0.2, -0.15) is 4.98 Å². The highest BCUT2D eigenvalue weighted by Gasteiger charge is 2.54. The van der Waals surface area contributed by atoms with Gasteiger partial charge in [-0.05, 0) is 57.4 Å². The lowest BCUT2D eigenvalue weighted by Gasteiger charge is -2.29. The Hall–Kier alpha value is -4.35. The summed E-state index contributed by atoms with van der Waals surface area (Å²) in [4.78, 5) is 86.6. The lowest BCUT2D eigenvalue weighted by Crippen LogP contribution is -2.46. The maximum absolute atomic E-state index is 14.1. The second-order valence-corrected chi connectivity index (χ2v) is 19.1. The zero-order valence-corrected chi connectivity index (χ0v) is 39.0. The van der Waals surface area contributed by atoms with Gasteiger partial charge in [-0.3, -0.25) is 27.5 Å². The third kappa shape index (κ3) is 14.0. The molecule has 0 aliphatic carbocycles. The molecule has 7 rings (SSSR count). The number of aromatic nitrogens is 6. The first-order chi connectivity index (χ1) is 33.0. The van der Waals surface area contributed by atoms with Crippen molar-refractivity contribution in [3.63, 3.8) is 0 Å². The number of carbonyl (C=O) groups excluding carboxylic acids is 2. The molecule has 4 aliphatic heterocycles. The number of anilines is 2. The van der Waals surface area contributed by atoms with Crippen LogP contribution in [0.1, 0.15) is 76.7 Å². The minimum atomic E-state index is -5.42. The molecule has 0 spiro atoms. The number of allylic oxidation sites excluding steroid dienone is 1. The second kappa shape index (κ2) is 23.7. The summed E-state index contributed by atoms with van der Waals surface area (Å²) in [5.74, 6) is -1.61. The molecule has 69 heavy (non-hydrogen) atoms. The van der Waals surface area contributed by atoms with Gasteiger partial charge in [0.05, 0.1) is 19.5 Å². The van der Waals surface area contributed by atoms with Crippen LogP contribution < -0.4 is 22.5 Å². The van der Waals surface area contributed by atoms with Crippen molar-refractivity contribution in [1.29, 1.82) is 0 Å². The number of ether oxygens (including phenoxy) is 7. The SMILES string of the molecule is C=CCCC(=O)N[C@@H](CCCCOC1CCCCO1)C(=O)O[C@H]1[C@@H](O)[C@H](n2cnc3c(N)ncnc32)O[C@@H]1COP(=O)(O)O[C@H]1[C@@H](OC2CCCO2)[C@H](n2ccc(N)nc2=O)O[C@@H]1COP(=O)(O)O. The van der Waals surface area contributed by atoms with E-state index in [2.05, 4.69) is 31.8 Å². The molecular formula is C39H57N9O19P2. The van der Waals surface area contributed by atoms with Gasteiger partial charge in [0.15, 0.2) is 42.6 Å². The molecule has 1 amide bonds. The Bertz CT molecular complexity index is 2380. The van der Waals surface area contributed by atoms with Gasteiger partial charge in [-0.1, -0.05) is 6.08 Å². The van der Waals surface area contributed by atoms with E-state index in [4.69, 9.17) is 58.2 Å². The molecule has 382 valence electrons. The Balaban J connectivity index is 1.12. The number of amides is 1. The zero-order valence-electron chi connectivity index (χ0n) is 37.2. The van der Waals surface area contributed by atoms with E-state index in [9.17, 15) is 43.3 Å². The number of rotatable bonds is 24. The van der Waals surface area contributed by atoms with Crippen molar-refractivity contribution in [2.24, 2.45) is 0 Å². The highest BCUT2D eigenvalue weighted by atomic mass is 31.2. The van der Waals surface area contributed by atoms with Gasteiger partial charge in [-0.25, -0.2) is 33.7 Å². The minimum Gasteiger partial charge on any atom is -0.455 e. The van der Waals surface area contributed by atoms with Gasteiger partial charge in [0, 0.05) is 38.9 Å². The Morgan fingerprint density at radius 1 is 0.942 bits per heavy atom. The molecule has 9 N–H and O–H groups in total. The van der Waals surface area contributed by atoms with Gasteiger partial charge < -0.3 is 69.7 Å². The first kappa shape index (κ1) is 52.5. The van der Waals surface area contributed by atoms with Crippen molar-refractivity contribution in [2.75, 3.05) is 44.5 Å². The topological polar surface area (TPSA) is 384 Å². The number of carbonyl (C=O) groups is 2. The number of hydrogen-bond acceptors (Lipinski definition) is 22. The van der Waals surface area contributed by atoms with Crippen LogP contribution in [0.15, 0.2) is 42.4 Å². The Labute approximate surface area is 393 Å². The van der Waals surface area contributed by atoms with E-state index in [0.29, 0.717) is 45.3 Å². The molecule has 0 saturated carbocycles. The van der Waals surface area contributed by atoms with E-state index in [-0.39, 0.29) is 48.5 Å². The molecule has 3 aromatic heterocycles. The lowest BCUT2D eigenvalue weighted by molar-refractivity contribution is -0.181. The Kier molecular flexibility index (Phi) is 18.0. The van der Waals surface area contributed by atoms with E-state index in [0.717, 1.165) is 30.2 Å². The second-order valence-electron chi connectivity index (χ2n) is 16.4. The molecule has 12 atom stereocenters. The number of nitrogens with one attached hydrogen (secondary N) is 1. The van der Waals surface area contributed by atoms with Crippen LogP contribution in [0.5, 0.6) is 0 Å². The van der Waals surface area contributed by atoms with Gasteiger partial charge >= 0.3 is 27.3 Å². The molecule has 4 fully saturated rings. The summed E-state index contributed by atoms with van der Waals surface area (Å²) in [7, 11) is -10.6. The van der Waals surface area contributed by atoms with Crippen LogP contribution in [0, 0.1) is 0 Å². The molecule has 7 heterocycles. The third-order valence-electron chi connectivity index (χ3n) is 11.4. The number of nitrogen functional groups attached to an aromatic ring is 2. The van der Waals surface area contributed by atoms with Gasteiger partial charge in [0.25, 0.3) is 0 Å². The Morgan fingerprint density at radius 2 is 1.68 bits per heavy atom. The van der Waals surface area contributed by atoms with E-state index in [1.165, 1.54) is 23.2 Å². The average molecular weight is 1020 g/mol. The highest BCUT2D eigenvalue weighted by molar-refractivity contribution is 7.47. The number of esters is 1. The van der Waals surface area contributed by atoms with E-state index in [1.54, 1.807) is 6.08 Å².